The van der Waals surface area contributed by atoms with Crippen molar-refractivity contribution in [2.45, 2.75) is 341 Å². The third-order valence-electron chi connectivity index (χ3n) is 16.6. The molecule has 0 rings (SSSR count). The highest BCUT2D eigenvalue weighted by molar-refractivity contribution is 7.47. The highest BCUT2D eigenvalue weighted by Crippen LogP contribution is 2.45. The molecule has 0 radical (unpaired) electrons. The Labute approximate surface area is 631 Å². The molecule has 5 atom stereocenters. The molecule has 17 nitrogen and oxygen atoms in total. The van der Waals surface area contributed by atoms with Crippen LogP contribution in [0, 0.1) is 0 Å². The molecule has 0 aliphatic heterocycles. The molecule has 104 heavy (non-hydrogen) atoms. The first-order valence-corrected chi connectivity index (χ1v) is 43.4. The summed E-state index contributed by atoms with van der Waals surface area (Å²) < 4.78 is 68.6. The molecule has 3 N–H and O–H groups in total. The van der Waals surface area contributed by atoms with E-state index in [9.17, 15) is 43.2 Å². The second kappa shape index (κ2) is 76.4. The number of hydrogen-bond donors (Lipinski definition) is 3. The van der Waals surface area contributed by atoms with Crippen molar-refractivity contribution >= 4 is 39.5 Å². The van der Waals surface area contributed by atoms with Gasteiger partial charge in [-0.05, 0) is 135 Å². The predicted molar refractivity (Wildman–Crippen MR) is 427 cm³/mol. The Morgan fingerprint density at radius 1 is 0.279 bits per heavy atom. The number of aliphatic hydroxyl groups is 1. The topological polar surface area (TPSA) is 237 Å². The van der Waals surface area contributed by atoms with Crippen LogP contribution in [0.15, 0.2) is 134 Å². The third kappa shape index (κ3) is 75.4. The summed E-state index contributed by atoms with van der Waals surface area (Å²) >= 11 is 0. The number of unbranched alkanes of at least 4 members (excludes halogenated alkanes) is 27. The second-order valence-corrected chi connectivity index (χ2v) is 29.5. The minimum absolute atomic E-state index is 0.0445. The van der Waals surface area contributed by atoms with E-state index < -0.39 is 97.5 Å². The molecule has 0 aromatic rings. The van der Waals surface area contributed by atoms with E-state index in [-0.39, 0.29) is 25.7 Å². The van der Waals surface area contributed by atoms with E-state index in [1.807, 2.05) is 0 Å². The maximum absolute atomic E-state index is 13.1. The lowest BCUT2D eigenvalue weighted by atomic mass is 10.0. The number of esters is 4. The van der Waals surface area contributed by atoms with Gasteiger partial charge in [0, 0.05) is 25.7 Å². The van der Waals surface area contributed by atoms with Crippen LogP contribution in [-0.4, -0.2) is 96.7 Å². The normalized spacial score (nSPS) is 14.6. The molecule has 0 amide bonds. The van der Waals surface area contributed by atoms with Gasteiger partial charge in [-0.2, -0.15) is 0 Å². The summed E-state index contributed by atoms with van der Waals surface area (Å²) in [4.78, 5) is 73.0. The van der Waals surface area contributed by atoms with Gasteiger partial charge in [-0.15, -0.1) is 0 Å². The highest BCUT2D eigenvalue weighted by Gasteiger charge is 2.30. The molecule has 0 saturated carbocycles. The summed E-state index contributed by atoms with van der Waals surface area (Å²) in [5.41, 5.74) is 0. The number of carbonyl (C=O) groups is 4. The molecule has 0 aliphatic carbocycles. The number of phosphoric ester groups is 2. The quantitative estimate of drug-likeness (QED) is 0.0169. The fourth-order valence-corrected chi connectivity index (χ4v) is 12.1. The van der Waals surface area contributed by atoms with Crippen LogP contribution in [0.1, 0.15) is 323 Å². The fraction of sp³-hybridized carbons (Fsp3) is 0.694. The summed E-state index contributed by atoms with van der Waals surface area (Å²) in [6, 6.07) is 0. The van der Waals surface area contributed by atoms with Gasteiger partial charge in [0.25, 0.3) is 0 Å². The largest absolute Gasteiger partial charge is 0.472 e. The standard InChI is InChI=1S/C85H144O17P2/c1-5-9-13-17-21-25-29-32-35-37-39-41-44-47-51-54-58-62-66-70-83(88)96-76-81(102-85(90)72-68-64-60-56-52-48-45-42-40-38-36-33-30-26-22-18-14-10-6-2)78-100-104(93,94)98-74-79(86)73-97-103(91,92)99-77-80(101-84(89)71-67-63-59-55-49-28-24-20-16-12-8-4)75-95-82(87)69-65-61-57-53-50-46-43-34-31-27-23-19-15-11-7-3/h9-10,13-14,20-22,24-26,32-33,35-36,39-42,47-48,51-52,79-81,86H,5-8,11-12,15-19,23,27-31,34,37-38,43-46,49-50,53-78H2,1-4H3,(H,91,92)(H,93,94)/b13-9-,14-10-,24-20-,25-21-,26-22-,35-32-,36-33-,41-39-,42-40-,51-47-,52-48-. The average Bonchev–Trinajstić information content (AvgIpc) is 0.928. The number of carbonyl (C=O) groups excluding carboxylic acids is 4. The molecule has 19 heteroatoms. The number of aliphatic hydroxyl groups excluding tert-OH is 1. The zero-order chi connectivity index (χ0) is 76.0. The first-order chi connectivity index (χ1) is 50.7. The smallest absolute Gasteiger partial charge is 0.462 e. The van der Waals surface area contributed by atoms with Crippen LogP contribution in [0.25, 0.3) is 0 Å². The van der Waals surface area contributed by atoms with Crippen molar-refractivity contribution in [2.24, 2.45) is 0 Å². The lowest BCUT2D eigenvalue weighted by Gasteiger charge is -2.21. The Balaban J connectivity index is 5.41. The van der Waals surface area contributed by atoms with Gasteiger partial charge in [-0.1, -0.05) is 296 Å². The van der Waals surface area contributed by atoms with Crippen LogP contribution < -0.4 is 0 Å². The predicted octanol–water partition coefficient (Wildman–Crippen LogP) is 23.7. The maximum Gasteiger partial charge on any atom is 0.472 e. The lowest BCUT2D eigenvalue weighted by Crippen LogP contribution is -2.30. The zero-order valence-corrected chi connectivity index (χ0v) is 66.9. The van der Waals surface area contributed by atoms with Gasteiger partial charge < -0.3 is 33.8 Å². The van der Waals surface area contributed by atoms with Gasteiger partial charge in [0.1, 0.15) is 19.3 Å². The Hall–Kier alpha value is -4.80. The van der Waals surface area contributed by atoms with Crippen molar-refractivity contribution in [3.8, 4) is 0 Å². The van der Waals surface area contributed by atoms with Crippen molar-refractivity contribution in [3.63, 3.8) is 0 Å². The molecule has 0 fully saturated rings. The Morgan fingerprint density at radius 2 is 0.510 bits per heavy atom. The fourth-order valence-electron chi connectivity index (χ4n) is 10.5. The molecule has 596 valence electrons. The van der Waals surface area contributed by atoms with E-state index in [0.717, 1.165) is 161 Å². The van der Waals surface area contributed by atoms with Crippen molar-refractivity contribution < 1.29 is 80.2 Å². The van der Waals surface area contributed by atoms with E-state index in [2.05, 4.69) is 161 Å². The minimum atomic E-state index is -5.00. The van der Waals surface area contributed by atoms with Gasteiger partial charge in [0.15, 0.2) is 12.2 Å². The van der Waals surface area contributed by atoms with Crippen LogP contribution in [0.3, 0.4) is 0 Å². The monoisotopic (exact) mass is 1500 g/mol. The van der Waals surface area contributed by atoms with Gasteiger partial charge in [-0.3, -0.25) is 37.3 Å². The molecule has 0 heterocycles. The number of allylic oxidation sites excluding steroid dienone is 22. The summed E-state index contributed by atoms with van der Waals surface area (Å²) in [7, 11) is -9.98. The molecular formula is C85H144O17P2. The van der Waals surface area contributed by atoms with E-state index in [0.29, 0.717) is 25.7 Å². The van der Waals surface area contributed by atoms with Crippen LogP contribution >= 0.6 is 15.6 Å². The number of hydrogen-bond acceptors (Lipinski definition) is 15. The summed E-state index contributed by atoms with van der Waals surface area (Å²) in [6.07, 6.45) is 85.8. The Morgan fingerprint density at radius 3 is 0.817 bits per heavy atom. The van der Waals surface area contributed by atoms with Crippen molar-refractivity contribution in [1.29, 1.82) is 0 Å². The first kappa shape index (κ1) is 99.2. The summed E-state index contributed by atoms with van der Waals surface area (Å²) in [5, 5.41) is 10.6. The van der Waals surface area contributed by atoms with Gasteiger partial charge in [0.2, 0.25) is 0 Å². The maximum atomic E-state index is 13.1. The van der Waals surface area contributed by atoms with E-state index in [1.54, 1.807) is 0 Å². The SMILES string of the molecule is CC/C=C\C/C=C\C/C=C\C/C=C\C/C=C\CCCCCC(=O)OCC(COP(=O)(O)OCC(O)COP(=O)(O)OCC(COC(=O)CCCCCCCCCCCCCCCCC)OC(=O)CCCCCCC/C=C\CCCC)OC(=O)CCCCC/C=C\C/C=C\C/C=C\C/C=C\C/C=C\CC. The minimum Gasteiger partial charge on any atom is -0.462 e. The summed E-state index contributed by atoms with van der Waals surface area (Å²) in [5.74, 6) is -2.25. The summed E-state index contributed by atoms with van der Waals surface area (Å²) in [6.45, 7) is 4.55. The Kier molecular flexibility index (Phi) is 72.9. The second-order valence-electron chi connectivity index (χ2n) is 26.6. The third-order valence-corrected chi connectivity index (χ3v) is 18.5. The average molecular weight is 1500 g/mol. The van der Waals surface area contributed by atoms with Crippen molar-refractivity contribution in [3.05, 3.63) is 134 Å². The molecule has 0 saturated heterocycles. The Bertz CT molecular complexity index is 2490. The van der Waals surface area contributed by atoms with Crippen LogP contribution in [0.5, 0.6) is 0 Å². The van der Waals surface area contributed by atoms with Gasteiger partial charge in [0.05, 0.1) is 26.4 Å². The number of ether oxygens (including phenoxy) is 4. The van der Waals surface area contributed by atoms with Crippen molar-refractivity contribution in [2.75, 3.05) is 39.6 Å². The molecule has 0 aromatic carbocycles. The molecule has 0 spiro atoms. The van der Waals surface area contributed by atoms with Crippen LogP contribution in [-0.2, 0) is 65.4 Å². The molecule has 5 unspecified atom stereocenters. The van der Waals surface area contributed by atoms with Crippen molar-refractivity contribution in [1.82, 2.24) is 0 Å². The van der Waals surface area contributed by atoms with Gasteiger partial charge in [-0.25, -0.2) is 9.13 Å². The van der Waals surface area contributed by atoms with Crippen LogP contribution in [0.4, 0.5) is 0 Å². The molecular weight excluding hydrogens is 1350 g/mol. The van der Waals surface area contributed by atoms with Crippen LogP contribution in [0.2, 0.25) is 0 Å². The van der Waals surface area contributed by atoms with Gasteiger partial charge >= 0.3 is 39.5 Å². The molecule has 0 bridgehead atoms. The van der Waals surface area contributed by atoms with E-state index in [4.69, 9.17) is 37.0 Å². The highest BCUT2D eigenvalue weighted by atomic mass is 31.2. The number of rotatable bonds is 75. The lowest BCUT2D eigenvalue weighted by molar-refractivity contribution is -0.161. The van der Waals surface area contributed by atoms with E-state index >= 15 is 0 Å². The van der Waals surface area contributed by atoms with E-state index in [1.165, 1.54) is 83.5 Å². The zero-order valence-electron chi connectivity index (χ0n) is 65.2. The molecule has 0 aromatic heterocycles. The molecule has 0 aliphatic rings. The number of phosphoric acid groups is 2. The first-order valence-electron chi connectivity index (χ1n) is 40.4.